The molecule has 2 fully saturated rings. The lowest BCUT2D eigenvalue weighted by Gasteiger charge is -2.37. The first-order chi connectivity index (χ1) is 8.29. The van der Waals surface area contributed by atoms with Gasteiger partial charge in [0.1, 0.15) is 5.69 Å². The fourth-order valence-electron chi connectivity index (χ4n) is 2.38. The first-order valence-corrected chi connectivity index (χ1v) is 5.86. The molecule has 0 unspecified atom stereocenters. The van der Waals surface area contributed by atoms with Crippen molar-refractivity contribution in [3.05, 3.63) is 18.0 Å². The van der Waals surface area contributed by atoms with Gasteiger partial charge in [0.2, 0.25) is 0 Å². The molecule has 1 amide bonds. The number of H-pyrrole nitrogens is 1. The van der Waals surface area contributed by atoms with Gasteiger partial charge < -0.3 is 14.4 Å². The normalized spacial score (nSPS) is 23.2. The number of carbonyl (C=O) groups is 1. The Hall–Kier alpha value is -1.40. The van der Waals surface area contributed by atoms with Crippen LogP contribution < -0.4 is 0 Å². The number of aromatic amines is 1. The Morgan fingerprint density at radius 3 is 2.65 bits per heavy atom. The van der Waals surface area contributed by atoms with E-state index in [0.717, 1.165) is 12.8 Å². The second-order valence-corrected chi connectivity index (χ2v) is 4.37. The number of rotatable bonds is 1. The lowest BCUT2D eigenvalue weighted by atomic mass is 10.0. The van der Waals surface area contributed by atoms with Crippen LogP contribution >= 0.6 is 0 Å². The molecule has 17 heavy (non-hydrogen) atoms. The summed E-state index contributed by atoms with van der Waals surface area (Å²) < 4.78 is 11.2. The van der Waals surface area contributed by atoms with Gasteiger partial charge in [0.05, 0.1) is 13.2 Å². The van der Waals surface area contributed by atoms with Crippen LogP contribution in [0.1, 0.15) is 23.3 Å². The summed E-state index contributed by atoms with van der Waals surface area (Å²) in [6.07, 6.45) is 3.07. The number of amides is 1. The molecule has 0 aliphatic carbocycles. The van der Waals surface area contributed by atoms with Crippen LogP contribution in [0.25, 0.3) is 0 Å². The number of likely N-dealkylation sites (tertiary alicyclic amines) is 1. The average Bonchev–Trinajstić information content (AvgIpc) is 3.01. The van der Waals surface area contributed by atoms with E-state index in [1.165, 1.54) is 0 Å². The molecule has 6 nitrogen and oxygen atoms in total. The molecule has 0 radical (unpaired) electrons. The summed E-state index contributed by atoms with van der Waals surface area (Å²) in [5.41, 5.74) is 0.536. The van der Waals surface area contributed by atoms with E-state index in [1.54, 1.807) is 12.3 Å². The zero-order valence-corrected chi connectivity index (χ0v) is 9.52. The van der Waals surface area contributed by atoms with Crippen molar-refractivity contribution < 1.29 is 14.3 Å². The van der Waals surface area contributed by atoms with Crippen LogP contribution in [0.4, 0.5) is 0 Å². The van der Waals surface area contributed by atoms with Crippen molar-refractivity contribution in [3.8, 4) is 0 Å². The zero-order chi connectivity index (χ0) is 11.7. The van der Waals surface area contributed by atoms with Gasteiger partial charge in [0.25, 0.3) is 5.91 Å². The second-order valence-electron chi connectivity index (χ2n) is 4.37. The maximum Gasteiger partial charge on any atom is 0.271 e. The Morgan fingerprint density at radius 2 is 2.06 bits per heavy atom. The fraction of sp³-hybridized carbons (Fsp3) is 0.636. The molecule has 1 spiro atoms. The molecule has 1 aromatic rings. The molecule has 6 heteroatoms. The number of nitrogens with one attached hydrogen (secondary N) is 1. The summed E-state index contributed by atoms with van der Waals surface area (Å²) in [6, 6.07) is 1.69. The van der Waals surface area contributed by atoms with Gasteiger partial charge in [-0.05, 0) is 6.07 Å². The number of aromatic nitrogens is 2. The highest BCUT2D eigenvalue weighted by Gasteiger charge is 2.40. The number of hydrogen-bond donors (Lipinski definition) is 1. The largest absolute Gasteiger partial charge is 0.347 e. The monoisotopic (exact) mass is 237 g/mol. The third kappa shape index (κ3) is 1.94. The highest BCUT2D eigenvalue weighted by Crippen LogP contribution is 2.31. The topological polar surface area (TPSA) is 67.5 Å². The van der Waals surface area contributed by atoms with Crippen LogP contribution in [0, 0.1) is 0 Å². The molecular weight excluding hydrogens is 222 g/mol. The van der Waals surface area contributed by atoms with Crippen molar-refractivity contribution in [2.75, 3.05) is 26.3 Å². The first-order valence-electron chi connectivity index (χ1n) is 5.86. The van der Waals surface area contributed by atoms with Crippen LogP contribution in [0.5, 0.6) is 0 Å². The number of carbonyl (C=O) groups excluding carboxylic acids is 1. The Morgan fingerprint density at radius 1 is 1.35 bits per heavy atom. The van der Waals surface area contributed by atoms with Crippen molar-refractivity contribution in [1.82, 2.24) is 15.1 Å². The third-order valence-electron chi connectivity index (χ3n) is 3.36. The van der Waals surface area contributed by atoms with Crippen molar-refractivity contribution >= 4 is 5.91 Å². The molecule has 2 saturated heterocycles. The average molecular weight is 237 g/mol. The van der Waals surface area contributed by atoms with E-state index in [0.29, 0.717) is 32.0 Å². The molecule has 1 N–H and O–H groups in total. The number of hydrogen-bond acceptors (Lipinski definition) is 4. The predicted molar refractivity (Wildman–Crippen MR) is 58.4 cm³/mol. The molecule has 92 valence electrons. The third-order valence-corrected chi connectivity index (χ3v) is 3.36. The molecule has 1 aromatic heterocycles. The van der Waals surface area contributed by atoms with Crippen molar-refractivity contribution in [3.63, 3.8) is 0 Å². The molecule has 3 heterocycles. The second kappa shape index (κ2) is 4.12. The summed E-state index contributed by atoms with van der Waals surface area (Å²) in [4.78, 5) is 13.8. The zero-order valence-electron chi connectivity index (χ0n) is 9.52. The first kappa shape index (κ1) is 10.7. The standard InChI is InChI=1S/C11H15N3O3/c15-10(9-1-4-12-13-9)14-5-2-11(3-6-14)16-7-8-17-11/h1,4H,2-3,5-8H2,(H,12,13). The number of nitrogens with zero attached hydrogens (tertiary/aromatic N) is 2. The minimum absolute atomic E-state index is 0.00431. The van der Waals surface area contributed by atoms with Crippen molar-refractivity contribution in [2.45, 2.75) is 18.6 Å². The van der Waals surface area contributed by atoms with Gasteiger partial charge >= 0.3 is 0 Å². The number of piperidine rings is 1. The molecular formula is C11H15N3O3. The van der Waals surface area contributed by atoms with Gasteiger partial charge in [-0.15, -0.1) is 0 Å². The van der Waals surface area contributed by atoms with Crippen LogP contribution in [0.3, 0.4) is 0 Å². The Balaban J connectivity index is 1.63. The van der Waals surface area contributed by atoms with Gasteiger partial charge in [-0.3, -0.25) is 9.89 Å². The van der Waals surface area contributed by atoms with Crippen LogP contribution in [0.2, 0.25) is 0 Å². The van der Waals surface area contributed by atoms with Crippen molar-refractivity contribution in [1.29, 1.82) is 0 Å². The van der Waals surface area contributed by atoms with E-state index in [1.807, 2.05) is 4.90 Å². The summed E-state index contributed by atoms with van der Waals surface area (Å²) >= 11 is 0. The molecule has 0 saturated carbocycles. The minimum atomic E-state index is -0.426. The van der Waals surface area contributed by atoms with Gasteiger partial charge in [-0.1, -0.05) is 0 Å². The summed E-state index contributed by atoms with van der Waals surface area (Å²) in [5, 5.41) is 6.48. The molecule has 2 aliphatic rings. The van der Waals surface area contributed by atoms with Gasteiger partial charge in [0.15, 0.2) is 5.79 Å². The lowest BCUT2D eigenvalue weighted by Crippen LogP contribution is -2.47. The van der Waals surface area contributed by atoms with Crippen molar-refractivity contribution in [2.24, 2.45) is 0 Å². The summed E-state index contributed by atoms with van der Waals surface area (Å²) in [7, 11) is 0. The lowest BCUT2D eigenvalue weighted by molar-refractivity contribution is -0.181. The van der Waals surface area contributed by atoms with E-state index in [-0.39, 0.29) is 5.91 Å². The molecule has 3 rings (SSSR count). The highest BCUT2D eigenvalue weighted by atomic mass is 16.7. The molecule has 0 aromatic carbocycles. The quantitative estimate of drug-likeness (QED) is 0.767. The molecule has 0 atom stereocenters. The van der Waals surface area contributed by atoms with E-state index in [2.05, 4.69) is 10.2 Å². The van der Waals surface area contributed by atoms with Crippen LogP contribution in [-0.2, 0) is 9.47 Å². The SMILES string of the molecule is O=C(c1ccn[nH]1)N1CCC2(CC1)OCCO2. The maximum absolute atomic E-state index is 12.0. The Bertz CT molecular complexity index is 388. The van der Waals surface area contributed by atoms with Crippen LogP contribution in [-0.4, -0.2) is 53.1 Å². The fourth-order valence-corrected chi connectivity index (χ4v) is 2.38. The predicted octanol–water partition coefficient (Wildman–Crippen LogP) is 0.389. The number of ether oxygens (including phenoxy) is 2. The molecule has 2 aliphatic heterocycles. The maximum atomic E-state index is 12.0. The smallest absolute Gasteiger partial charge is 0.271 e. The Labute approximate surface area is 98.9 Å². The van der Waals surface area contributed by atoms with Crippen LogP contribution in [0.15, 0.2) is 12.3 Å². The summed E-state index contributed by atoms with van der Waals surface area (Å²) in [6.45, 7) is 2.65. The van der Waals surface area contributed by atoms with E-state index in [4.69, 9.17) is 9.47 Å². The van der Waals surface area contributed by atoms with E-state index < -0.39 is 5.79 Å². The van der Waals surface area contributed by atoms with Gasteiger partial charge in [-0.2, -0.15) is 5.10 Å². The highest BCUT2D eigenvalue weighted by molar-refractivity contribution is 5.92. The Kier molecular flexibility index (Phi) is 2.60. The van der Waals surface area contributed by atoms with E-state index in [9.17, 15) is 4.79 Å². The molecule has 0 bridgehead atoms. The minimum Gasteiger partial charge on any atom is -0.347 e. The summed E-state index contributed by atoms with van der Waals surface area (Å²) in [5.74, 6) is -0.430. The van der Waals surface area contributed by atoms with Gasteiger partial charge in [-0.25, -0.2) is 0 Å². The van der Waals surface area contributed by atoms with E-state index >= 15 is 0 Å². The van der Waals surface area contributed by atoms with Gasteiger partial charge in [0, 0.05) is 32.1 Å².